The van der Waals surface area contributed by atoms with Gasteiger partial charge in [-0.05, 0) is 4.57 Å². The van der Waals surface area contributed by atoms with Gasteiger partial charge in [0.2, 0.25) is 0 Å². The number of aromatic amines is 1. The number of aromatic nitrogens is 2. The molecule has 146 valence electrons. The molecular formula is C11H17N2O10P2S+. The summed E-state index contributed by atoms with van der Waals surface area (Å²) in [4.78, 5) is 42.8. The molecule has 1 aromatic heterocycles. The maximum atomic E-state index is 12.0. The van der Waals surface area contributed by atoms with E-state index in [2.05, 4.69) is 21.8 Å². The number of ether oxygens (including phenoxy) is 2. The molecular weight excluding hydrogens is 414 g/mol. The fraction of sp³-hybridized carbons (Fsp3) is 0.636. The largest absolute Gasteiger partial charge is 0.582 e. The first-order valence-electron chi connectivity index (χ1n) is 7.15. The van der Waals surface area contributed by atoms with Crippen LogP contribution >= 0.6 is 27.3 Å². The van der Waals surface area contributed by atoms with E-state index in [9.17, 15) is 18.7 Å². The highest BCUT2D eigenvalue weighted by Crippen LogP contribution is 2.42. The monoisotopic (exact) mass is 431 g/mol. The second-order valence-electron chi connectivity index (χ2n) is 5.20. The SMILES string of the molecule is COC1C(O[P+](=O)S)C(CCOP(=O)(O)O)OC1n1ccc(=O)[nH]c1=O. The lowest BCUT2D eigenvalue weighted by atomic mass is 10.1. The van der Waals surface area contributed by atoms with Crippen LogP contribution in [0.5, 0.6) is 0 Å². The maximum absolute atomic E-state index is 12.0. The third-order valence-electron chi connectivity index (χ3n) is 3.56. The average Bonchev–Trinajstić information content (AvgIpc) is 2.83. The minimum Gasteiger partial charge on any atom is -0.374 e. The van der Waals surface area contributed by atoms with Crippen molar-refractivity contribution in [2.45, 2.75) is 31.0 Å². The van der Waals surface area contributed by atoms with Crippen molar-refractivity contribution >= 4 is 27.3 Å². The van der Waals surface area contributed by atoms with Crippen LogP contribution in [0.3, 0.4) is 0 Å². The highest BCUT2D eigenvalue weighted by Gasteiger charge is 2.50. The predicted molar refractivity (Wildman–Crippen MR) is 90.1 cm³/mol. The van der Waals surface area contributed by atoms with Crippen LogP contribution in [0, 0.1) is 0 Å². The molecule has 0 aromatic carbocycles. The number of nitrogens with one attached hydrogen (secondary N) is 1. The Bertz CT molecular complexity index is 807. The van der Waals surface area contributed by atoms with Crippen molar-refractivity contribution in [3.05, 3.63) is 33.1 Å². The molecule has 3 N–H and O–H groups in total. The van der Waals surface area contributed by atoms with Gasteiger partial charge in [-0.3, -0.25) is 18.9 Å². The number of hydrogen-bond acceptors (Lipinski definition) is 8. The quantitative estimate of drug-likeness (QED) is 0.323. The summed E-state index contributed by atoms with van der Waals surface area (Å²) in [5.41, 5.74) is -1.36. The number of phosphoric acid groups is 1. The van der Waals surface area contributed by atoms with Crippen LogP contribution in [-0.4, -0.2) is 51.4 Å². The molecule has 0 bridgehead atoms. The number of nitrogens with zero attached hydrogens (tertiary/aromatic N) is 1. The lowest BCUT2D eigenvalue weighted by Crippen LogP contribution is -2.39. The smallest absolute Gasteiger partial charge is 0.374 e. The third-order valence-corrected chi connectivity index (χ3v) is 4.78. The first kappa shape index (κ1) is 21.4. The lowest BCUT2D eigenvalue weighted by molar-refractivity contribution is -0.0562. The van der Waals surface area contributed by atoms with Gasteiger partial charge in [0, 0.05) is 25.8 Å². The van der Waals surface area contributed by atoms with E-state index in [1.807, 2.05) is 0 Å². The van der Waals surface area contributed by atoms with Crippen LogP contribution in [-0.2, 0) is 27.7 Å². The zero-order chi connectivity index (χ0) is 19.5. The van der Waals surface area contributed by atoms with Crippen LogP contribution in [0.1, 0.15) is 12.6 Å². The van der Waals surface area contributed by atoms with E-state index in [0.29, 0.717) is 0 Å². The van der Waals surface area contributed by atoms with Gasteiger partial charge >= 0.3 is 20.7 Å². The van der Waals surface area contributed by atoms with E-state index in [1.54, 1.807) is 0 Å². The van der Waals surface area contributed by atoms with Crippen LogP contribution in [0.2, 0.25) is 0 Å². The van der Waals surface area contributed by atoms with Crippen LogP contribution in [0.4, 0.5) is 0 Å². The normalized spacial score (nSPS) is 26.8. The number of rotatable bonds is 8. The summed E-state index contributed by atoms with van der Waals surface area (Å²) in [5, 5.41) is 0. The summed E-state index contributed by atoms with van der Waals surface area (Å²) in [6.45, 7) is -0.387. The third kappa shape index (κ3) is 5.56. The van der Waals surface area contributed by atoms with Gasteiger partial charge in [0.25, 0.3) is 5.56 Å². The number of methoxy groups -OCH3 is 1. The van der Waals surface area contributed by atoms with Gasteiger partial charge in [0.05, 0.1) is 12.7 Å². The Labute approximate surface area is 152 Å². The lowest BCUT2D eigenvalue weighted by Gasteiger charge is -2.19. The molecule has 0 spiro atoms. The van der Waals surface area contributed by atoms with Crippen LogP contribution in [0.25, 0.3) is 0 Å². The maximum Gasteiger partial charge on any atom is 0.582 e. The van der Waals surface area contributed by atoms with Crippen molar-refractivity contribution in [1.29, 1.82) is 0 Å². The molecule has 1 aromatic rings. The van der Waals surface area contributed by atoms with Gasteiger partial charge in [-0.1, -0.05) is 0 Å². The minimum atomic E-state index is -4.67. The van der Waals surface area contributed by atoms with Gasteiger partial charge in [-0.25, -0.2) is 9.36 Å². The standard InChI is InChI=1S/C11H16N2O10P2S/c1-20-9-8(23-24(16)26)6(3-5-21-25(17,18)19)22-10(9)13-4-2-7(14)12-11(13)15/h2,4,6,8-10H,3,5H2,1H3,(H3-,12,14,15,16,17,18,19,26)/p+1. The first-order chi connectivity index (χ1) is 12.1. The van der Waals surface area contributed by atoms with Crippen LogP contribution < -0.4 is 11.2 Å². The van der Waals surface area contributed by atoms with E-state index in [1.165, 1.54) is 13.3 Å². The van der Waals surface area contributed by atoms with Crippen molar-refractivity contribution in [3.8, 4) is 0 Å². The summed E-state index contributed by atoms with van der Waals surface area (Å²) in [6, 6.07) is 1.11. The summed E-state index contributed by atoms with van der Waals surface area (Å²) in [7, 11) is -5.72. The molecule has 0 amide bonds. The van der Waals surface area contributed by atoms with E-state index in [4.69, 9.17) is 23.8 Å². The van der Waals surface area contributed by atoms with Gasteiger partial charge in [0.1, 0.15) is 18.4 Å². The van der Waals surface area contributed by atoms with E-state index in [0.717, 1.165) is 10.6 Å². The number of hydrogen-bond donors (Lipinski definition) is 4. The summed E-state index contributed by atoms with van der Waals surface area (Å²) in [6.07, 6.45) is -2.65. The molecule has 1 aliphatic rings. The molecule has 5 atom stereocenters. The number of H-pyrrole nitrogens is 1. The Hall–Kier alpha value is -0.880. The Morgan fingerprint density at radius 1 is 1.42 bits per heavy atom. The highest BCUT2D eigenvalue weighted by molar-refractivity contribution is 8.39. The Morgan fingerprint density at radius 3 is 2.65 bits per heavy atom. The Morgan fingerprint density at radius 2 is 2.12 bits per heavy atom. The minimum absolute atomic E-state index is 0.0544. The second kappa shape index (κ2) is 8.87. The Balaban J connectivity index is 2.26. The van der Waals surface area contributed by atoms with Crippen molar-refractivity contribution in [1.82, 2.24) is 9.55 Å². The molecule has 2 heterocycles. The molecule has 12 nitrogen and oxygen atoms in total. The molecule has 2 rings (SSSR count). The zero-order valence-electron chi connectivity index (χ0n) is 13.3. The Kier molecular flexibility index (Phi) is 7.31. The van der Waals surface area contributed by atoms with Crippen molar-refractivity contribution in [2.24, 2.45) is 0 Å². The van der Waals surface area contributed by atoms with Crippen molar-refractivity contribution in [3.63, 3.8) is 0 Å². The fourth-order valence-corrected chi connectivity index (χ4v) is 3.70. The zero-order valence-corrected chi connectivity index (χ0v) is 16.0. The summed E-state index contributed by atoms with van der Waals surface area (Å²) >= 11 is 3.68. The van der Waals surface area contributed by atoms with E-state index < -0.39 is 50.8 Å². The molecule has 1 fully saturated rings. The molecule has 0 aliphatic carbocycles. The highest BCUT2D eigenvalue weighted by atomic mass is 32.7. The predicted octanol–water partition coefficient (Wildman–Crippen LogP) is -0.0792. The van der Waals surface area contributed by atoms with E-state index in [-0.39, 0.29) is 13.0 Å². The van der Waals surface area contributed by atoms with Crippen molar-refractivity contribution in [2.75, 3.05) is 13.7 Å². The topological polar surface area (TPSA) is 166 Å². The second-order valence-corrected chi connectivity index (χ2v) is 8.11. The van der Waals surface area contributed by atoms with Gasteiger partial charge in [0.15, 0.2) is 12.3 Å². The number of phosphoric ester groups is 1. The molecule has 26 heavy (non-hydrogen) atoms. The summed E-state index contributed by atoms with van der Waals surface area (Å²) in [5.74, 6) is 0. The molecule has 1 saturated heterocycles. The fourth-order valence-electron chi connectivity index (χ4n) is 2.56. The molecule has 5 unspecified atom stereocenters. The first-order valence-corrected chi connectivity index (χ1v) is 11.0. The van der Waals surface area contributed by atoms with Gasteiger partial charge < -0.3 is 19.3 Å². The molecule has 0 saturated carbocycles. The van der Waals surface area contributed by atoms with Crippen LogP contribution in [0.15, 0.2) is 21.9 Å². The van der Waals surface area contributed by atoms with E-state index >= 15 is 0 Å². The molecule has 15 heteroatoms. The van der Waals surface area contributed by atoms with Gasteiger partial charge in [-0.15, -0.1) is 4.52 Å². The summed E-state index contributed by atoms with van der Waals surface area (Å²) < 4.78 is 43.8. The average molecular weight is 431 g/mol. The van der Waals surface area contributed by atoms with Crippen molar-refractivity contribution < 1.29 is 37.4 Å². The molecule has 1 aliphatic heterocycles. The van der Waals surface area contributed by atoms with Gasteiger partial charge in [-0.2, -0.15) is 0 Å². The number of thiol groups is 1. The molecule has 0 radical (unpaired) electrons.